The first-order chi connectivity index (χ1) is 16.8. The van der Waals surface area contributed by atoms with E-state index < -0.39 is 6.04 Å². The highest BCUT2D eigenvalue weighted by Gasteiger charge is 2.38. The number of halogens is 3. The highest BCUT2D eigenvalue weighted by atomic mass is 127. The van der Waals surface area contributed by atoms with Gasteiger partial charge in [-0.15, -0.1) is 0 Å². The molecule has 6 nitrogen and oxygen atoms in total. The SMILES string of the molecule is CCOC(=O)C1=C(C)N=C2SC=CN2[C@@H]1c1cc(I)c(OCc2ccc(Cl)c(Cl)c2)c(OCC)c1. The van der Waals surface area contributed by atoms with Crippen molar-refractivity contribution in [2.45, 2.75) is 33.4 Å². The Morgan fingerprint density at radius 3 is 2.66 bits per heavy atom. The Bertz CT molecular complexity index is 1250. The molecule has 0 saturated carbocycles. The Morgan fingerprint density at radius 2 is 1.94 bits per heavy atom. The van der Waals surface area contributed by atoms with Crippen LogP contribution in [0.1, 0.15) is 37.9 Å². The molecule has 1 atom stereocenters. The second-order valence-electron chi connectivity index (χ2n) is 7.63. The molecule has 0 radical (unpaired) electrons. The van der Waals surface area contributed by atoms with E-state index >= 15 is 0 Å². The lowest BCUT2D eigenvalue weighted by molar-refractivity contribution is -0.139. The van der Waals surface area contributed by atoms with E-state index in [2.05, 4.69) is 27.6 Å². The summed E-state index contributed by atoms with van der Waals surface area (Å²) in [6, 6.07) is 8.93. The van der Waals surface area contributed by atoms with Gasteiger partial charge in [-0.1, -0.05) is 41.0 Å². The van der Waals surface area contributed by atoms with E-state index in [1.807, 2.05) is 48.6 Å². The van der Waals surface area contributed by atoms with Crippen molar-refractivity contribution >= 4 is 68.7 Å². The molecule has 2 heterocycles. The van der Waals surface area contributed by atoms with E-state index in [1.54, 1.807) is 19.1 Å². The highest BCUT2D eigenvalue weighted by molar-refractivity contribution is 14.1. The number of carbonyl (C=O) groups is 1. The quantitative estimate of drug-likeness (QED) is 0.221. The molecule has 0 N–H and O–H groups in total. The van der Waals surface area contributed by atoms with Crippen LogP contribution in [0.5, 0.6) is 11.5 Å². The molecule has 2 aliphatic rings. The zero-order valence-electron chi connectivity index (χ0n) is 19.3. The van der Waals surface area contributed by atoms with Crippen LogP contribution < -0.4 is 9.47 Å². The van der Waals surface area contributed by atoms with Gasteiger partial charge in [-0.05, 0) is 84.2 Å². The van der Waals surface area contributed by atoms with Crippen LogP contribution in [0.3, 0.4) is 0 Å². The van der Waals surface area contributed by atoms with Crippen LogP contribution in [0.25, 0.3) is 0 Å². The number of carbonyl (C=O) groups excluding carboxylic acids is 1. The fourth-order valence-corrected chi connectivity index (χ4v) is 5.72. The number of thioether (sulfide) groups is 1. The summed E-state index contributed by atoms with van der Waals surface area (Å²) in [5.74, 6) is 0.836. The topological polar surface area (TPSA) is 60.4 Å². The molecule has 35 heavy (non-hydrogen) atoms. The number of hydrogen-bond donors (Lipinski definition) is 0. The molecule has 0 unspecified atom stereocenters. The van der Waals surface area contributed by atoms with Gasteiger partial charge in [-0.2, -0.15) is 0 Å². The lowest BCUT2D eigenvalue weighted by Gasteiger charge is -2.33. The Morgan fingerprint density at radius 1 is 1.14 bits per heavy atom. The van der Waals surface area contributed by atoms with Crippen molar-refractivity contribution in [1.29, 1.82) is 0 Å². The van der Waals surface area contributed by atoms with E-state index in [-0.39, 0.29) is 12.6 Å². The van der Waals surface area contributed by atoms with Gasteiger partial charge in [0.05, 0.1) is 44.1 Å². The minimum atomic E-state index is -0.398. The van der Waals surface area contributed by atoms with Crippen molar-refractivity contribution in [1.82, 2.24) is 4.90 Å². The third-order valence-electron chi connectivity index (χ3n) is 5.33. The third-order valence-corrected chi connectivity index (χ3v) is 7.64. The highest BCUT2D eigenvalue weighted by Crippen LogP contribution is 2.44. The van der Waals surface area contributed by atoms with Crippen LogP contribution in [-0.2, 0) is 16.1 Å². The molecule has 0 saturated heterocycles. The number of ether oxygens (including phenoxy) is 3. The molecule has 0 aliphatic carbocycles. The van der Waals surface area contributed by atoms with Crippen LogP contribution in [0.2, 0.25) is 10.0 Å². The van der Waals surface area contributed by atoms with E-state index in [1.165, 1.54) is 11.8 Å². The number of rotatable bonds is 8. The summed E-state index contributed by atoms with van der Waals surface area (Å²) < 4.78 is 18.4. The number of esters is 1. The summed E-state index contributed by atoms with van der Waals surface area (Å²) in [4.78, 5) is 19.6. The monoisotopic (exact) mass is 644 g/mol. The predicted molar refractivity (Wildman–Crippen MR) is 149 cm³/mol. The number of fused-ring (bicyclic) bond motifs is 1. The molecule has 0 amide bonds. The zero-order valence-corrected chi connectivity index (χ0v) is 23.8. The van der Waals surface area contributed by atoms with Crippen molar-refractivity contribution in [3.05, 3.63) is 78.0 Å². The largest absolute Gasteiger partial charge is 0.490 e. The number of amidine groups is 1. The van der Waals surface area contributed by atoms with Crippen LogP contribution in [0.15, 0.2) is 58.2 Å². The van der Waals surface area contributed by atoms with E-state index in [0.717, 1.165) is 19.9 Å². The van der Waals surface area contributed by atoms with Gasteiger partial charge >= 0.3 is 5.97 Å². The second kappa shape index (κ2) is 11.5. The van der Waals surface area contributed by atoms with Gasteiger partial charge in [0.1, 0.15) is 6.61 Å². The fraction of sp³-hybridized carbons (Fsp3) is 0.280. The van der Waals surface area contributed by atoms with Crippen LogP contribution >= 0.6 is 57.6 Å². The summed E-state index contributed by atoms with van der Waals surface area (Å²) in [6.07, 6.45) is 1.93. The van der Waals surface area contributed by atoms with Crippen molar-refractivity contribution in [3.63, 3.8) is 0 Å². The number of nitrogens with zero attached hydrogens (tertiary/aromatic N) is 2. The van der Waals surface area contributed by atoms with Crippen molar-refractivity contribution in [2.75, 3.05) is 13.2 Å². The summed E-state index contributed by atoms with van der Waals surface area (Å²) in [7, 11) is 0. The maximum atomic E-state index is 13.0. The summed E-state index contributed by atoms with van der Waals surface area (Å²) in [5.41, 5.74) is 2.91. The minimum absolute atomic E-state index is 0.284. The molecule has 4 rings (SSSR count). The molecular weight excluding hydrogens is 622 g/mol. The average Bonchev–Trinajstić information content (AvgIpc) is 3.28. The Hall–Kier alpha value is -1.88. The molecule has 10 heteroatoms. The third kappa shape index (κ3) is 5.60. The minimum Gasteiger partial charge on any atom is -0.490 e. The maximum absolute atomic E-state index is 13.0. The number of allylic oxidation sites excluding steroid dienone is 1. The van der Waals surface area contributed by atoms with Gasteiger partial charge < -0.3 is 19.1 Å². The Kier molecular flexibility index (Phi) is 8.57. The summed E-state index contributed by atoms with van der Waals surface area (Å²) in [5, 5.41) is 3.74. The van der Waals surface area contributed by atoms with Crippen molar-refractivity contribution < 1.29 is 19.0 Å². The van der Waals surface area contributed by atoms with Crippen LogP contribution in [0, 0.1) is 3.57 Å². The Labute approximate surface area is 232 Å². The van der Waals surface area contributed by atoms with Crippen LogP contribution in [0.4, 0.5) is 0 Å². The standard InChI is InChI=1S/C25H23Cl2IN2O4S/c1-4-32-20-12-16(11-19(28)23(20)34-13-15-6-7-17(26)18(27)10-15)22-21(24(31)33-5-2)14(3)29-25-30(22)8-9-35-25/h6-12,22H,4-5,13H2,1-3H3/t22-/m1/s1. The molecule has 0 spiro atoms. The first-order valence-corrected chi connectivity index (χ1v) is 13.7. The fourth-order valence-electron chi connectivity index (χ4n) is 3.83. The van der Waals surface area contributed by atoms with E-state index in [4.69, 9.17) is 37.4 Å². The smallest absolute Gasteiger partial charge is 0.338 e. The summed E-state index contributed by atoms with van der Waals surface area (Å²) >= 11 is 15.9. The zero-order chi connectivity index (χ0) is 25.1. The molecule has 2 aromatic rings. The average molecular weight is 645 g/mol. The van der Waals surface area contributed by atoms with Crippen LogP contribution in [-0.4, -0.2) is 29.3 Å². The number of benzene rings is 2. The molecule has 0 bridgehead atoms. The molecule has 0 aromatic heterocycles. The Balaban J connectivity index is 1.72. The van der Waals surface area contributed by atoms with E-state index in [0.29, 0.717) is 46.0 Å². The summed E-state index contributed by atoms with van der Waals surface area (Å²) in [6.45, 7) is 6.59. The predicted octanol–water partition coefficient (Wildman–Crippen LogP) is 7.34. The second-order valence-corrected chi connectivity index (χ2v) is 10.5. The molecule has 0 fully saturated rings. The maximum Gasteiger partial charge on any atom is 0.338 e. The van der Waals surface area contributed by atoms with Crippen molar-refractivity contribution in [3.8, 4) is 11.5 Å². The number of hydrogen-bond acceptors (Lipinski definition) is 7. The molecule has 184 valence electrons. The first-order valence-electron chi connectivity index (χ1n) is 10.9. The van der Waals surface area contributed by atoms with Crippen molar-refractivity contribution in [2.24, 2.45) is 4.99 Å². The molecule has 2 aliphatic heterocycles. The van der Waals surface area contributed by atoms with Gasteiger partial charge in [0, 0.05) is 6.20 Å². The lowest BCUT2D eigenvalue weighted by atomic mass is 9.94. The normalized spacial score (nSPS) is 16.8. The van der Waals surface area contributed by atoms with Gasteiger partial charge in [0.25, 0.3) is 0 Å². The molecule has 2 aromatic carbocycles. The number of aliphatic imine (C=N–C) groups is 1. The van der Waals surface area contributed by atoms with Gasteiger partial charge in [0.15, 0.2) is 16.7 Å². The first kappa shape index (κ1) is 26.2. The van der Waals surface area contributed by atoms with Gasteiger partial charge in [0.2, 0.25) is 0 Å². The van der Waals surface area contributed by atoms with Gasteiger partial charge in [-0.25, -0.2) is 9.79 Å². The lowest BCUT2D eigenvalue weighted by Crippen LogP contribution is -2.34. The van der Waals surface area contributed by atoms with E-state index in [9.17, 15) is 4.79 Å². The van der Waals surface area contributed by atoms with Gasteiger partial charge in [-0.3, -0.25) is 0 Å². The molecular formula is C25H23Cl2IN2O4S.